The number of esters is 1. The Balaban J connectivity index is 2.52. The molecule has 0 radical (unpaired) electrons. The highest BCUT2D eigenvalue weighted by atomic mass is 16.6. The smallest absolute Gasteiger partial charge is 0.344 e. The van der Waals surface area contributed by atoms with Crippen molar-refractivity contribution in [2.24, 2.45) is 0 Å². The molecule has 112 valence electrons. The van der Waals surface area contributed by atoms with Crippen molar-refractivity contribution in [1.29, 1.82) is 0 Å². The lowest BCUT2D eigenvalue weighted by molar-refractivity contribution is -0.146. The maximum absolute atomic E-state index is 11.5. The Kier molecular flexibility index (Phi) is 7.50. The van der Waals surface area contributed by atoms with Crippen LogP contribution in [0.2, 0.25) is 0 Å². The van der Waals surface area contributed by atoms with E-state index in [2.05, 4.69) is 5.32 Å². The van der Waals surface area contributed by atoms with Crippen molar-refractivity contribution in [1.82, 2.24) is 5.32 Å². The molecule has 20 heavy (non-hydrogen) atoms. The van der Waals surface area contributed by atoms with Crippen LogP contribution < -0.4 is 14.8 Å². The maximum Gasteiger partial charge on any atom is 0.344 e. The van der Waals surface area contributed by atoms with Crippen LogP contribution in [0.15, 0.2) is 18.2 Å². The third kappa shape index (κ3) is 5.48. The van der Waals surface area contributed by atoms with Crippen molar-refractivity contribution >= 4 is 5.97 Å². The zero-order chi connectivity index (χ0) is 14.8. The Hall–Kier alpha value is -1.75. The summed E-state index contributed by atoms with van der Waals surface area (Å²) in [5.74, 6) is 0.790. The molecule has 0 atom stereocenters. The quantitative estimate of drug-likeness (QED) is 0.555. The molecule has 0 amide bonds. The second-order valence-corrected chi connectivity index (χ2v) is 4.38. The molecule has 0 aliphatic carbocycles. The van der Waals surface area contributed by atoms with Crippen LogP contribution in [0, 0.1) is 0 Å². The number of methoxy groups -OCH3 is 1. The van der Waals surface area contributed by atoms with Crippen LogP contribution in [0.3, 0.4) is 0 Å². The van der Waals surface area contributed by atoms with Gasteiger partial charge in [-0.05, 0) is 31.2 Å². The number of ether oxygens (including phenoxy) is 3. The minimum Gasteiger partial charge on any atom is -0.493 e. The number of benzene rings is 1. The molecule has 1 aromatic rings. The van der Waals surface area contributed by atoms with Gasteiger partial charge in [-0.15, -0.1) is 0 Å². The molecule has 1 aromatic carbocycles. The molecule has 1 rings (SSSR count). The first kappa shape index (κ1) is 16.3. The first-order valence-corrected chi connectivity index (χ1v) is 6.81. The van der Waals surface area contributed by atoms with Gasteiger partial charge in [-0.3, -0.25) is 0 Å². The molecule has 0 bridgehead atoms. The molecule has 0 aromatic heterocycles. The highest BCUT2D eigenvalue weighted by Crippen LogP contribution is 2.28. The number of carbonyl (C=O) groups is 1. The number of nitrogens with one attached hydrogen (secondary N) is 1. The molecule has 0 unspecified atom stereocenters. The molecular formula is C15H23NO4. The fraction of sp³-hybridized carbons (Fsp3) is 0.533. The number of unbranched alkanes of at least 4 members (excludes halogenated alkanes) is 1. The monoisotopic (exact) mass is 281 g/mol. The zero-order valence-corrected chi connectivity index (χ0v) is 12.4. The predicted molar refractivity (Wildman–Crippen MR) is 77.1 cm³/mol. The molecule has 5 nitrogen and oxygen atoms in total. The largest absolute Gasteiger partial charge is 0.493 e. The van der Waals surface area contributed by atoms with Gasteiger partial charge in [-0.25, -0.2) is 4.79 Å². The minimum absolute atomic E-state index is 0.106. The van der Waals surface area contributed by atoms with Crippen LogP contribution in [-0.2, 0) is 16.1 Å². The Labute approximate surface area is 120 Å². The molecule has 0 spiro atoms. The summed E-state index contributed by atoms with van der Waals surface area (Å²) in [7, 11) is 3.45. The van der Waals surface area contributed by atoms with Crippen molar-refractivity contribution in [2.75, 3.05) is 27.4 Å². The van der Waals surface area contributed by atoms with E-state index in [9.17, 15) is 4.79 Å². The molecule has 5 heteroatoms. The van der Waals surface area contributed by atoms with Crippen molar-refractivity contribution in [2.45, 2.75) is 26.3 Å². The summed E-state index contributed by atoms with van der Waals surface area (Å²) in [6.45, 7) is 3.12. The van der Waals surface area contributed by atoms with E-state index in [1.165, 1.54) is 0 Å². The summed E-state index contributed by atoms with van der Waals surface area (Å²) >= 11 is 0. The highest BCUT2D eigenvalue weighted by Gasteiger charge is 2.09. The lowest BCUT2D eigenvalue weighted by atomic mass is 10.2. The molecule has 0 saturated carbocycles. The van der Waals surface area contributed by atoms with E-state index >= 15 is 0 Å². The standard InChI is InChI=1S/C15H23NO4/c1-4-5-8-19-15(17)11-20-13-7-6-12(10-16-2)9-14(13)18-3/h6-7,9,16H,4-5,8,10-11H2,1-3H3. The maximum atomic E-state index is 11.5. The van der Waals surface area contributed by atoms with Crippen LogP contribution >= 0.6 is 0 Å². The molecule has 1 N–H and O–H groups in total. The van der Waals surface area contributed by atoms with Gasteiger partial charge in [-0.1, -0.05) is 19.4 Å². The van der Waals surface area contributed by atoms with E-state index in [-0.39, 0.29) is 12.6 Å². The molecular weight excluding hydrogens is 258 g/mol. The van der Waals surface area contributed by atoms with Gasteiger partial charge in [0.1, 0.15) is 0 Å². The van der Waals surface area contributed by atoms with Crippen LogP contribution in [-0.4, -0.2) is 33.3 Å². The van der Waals surface area contributed by atoms with Crippen molar-refractivity contribution in [3.8, 4) is 11.5 Å². The average Bonchev–Trinajstić information content (AvgIpc) is 2.46. The van der Waals surface area contributed by atoms with Crippen molar-refractivity contribution in [3.05, 3.63) is 23.8 Å². The second-order valence-electron chi connectivity index (χ2n) is 4.38. The van der Waals surface area contributed by atoms with Crippen LogP contribution in [0.25, 0.3) is 0 Å². The van der Waals surface area contributed by atoms with Gasteiger partial charge in [0.2, 0.25) is 0 Å². The van der Waals surface area contributed by atoms with Gasteiger partial charge in [0.25, 0.3) is 0 Å². The van der Waals surface area contributed by atoms with Crippen LogP contribution in [0.4, 0.5) is 0 Å². The lowest BCUT2D eigenvalue weighted by Gasteiger charge is -2.12. The van der Waals surface area contributed by atoms with Crippen molar-refractivity contribution in [3.63, 3.8) is 0 Å². The SMILES string of the molecule is CCCCOC(=O)COc1ccc(CNC)cc1OC. The van der Waals surface area contributed by atoms with Gasteiger partial charge in [0.15, 0.2) is 18.1 Å². The average molecular weight is 281 g/mol. The highest BCUT2D eigenvalue weighted by molar-refractivity contribution is 5.71. The third-order valence-corrected chi connectivity index (χ3v) is 2.72. The fourth-order valence-electron chi connectivity index (χ4n) is 1.65. The van der Waals surface area contributed by atoms with Gasteiger partial charge >= 0.3 is 5.97 Å². The molecule has 0 heterocycles. The fourth-order valence-corrected chi connectivity index (χ4v) is 1.65. The van der Waals surface area contributed by atoms with E-state index in [1.807, 2.05) is 26.1 Å². The number of rotatable bonds is 9. The van der Waals surface area contributed by atoms with Crippen LogP contribution in [0.1, 0.15) is 25.3 Å². The van der Waals surface area contributed by atoms with E-state index in [1.54, 1.807) is 13.2 Å². The second kappa shape index (κ2) is 9.20. The number of carbonyl (C=O) groups excluding carboxylic acids is 1. The Morgan fingerprint density at radius 1 is 1.30 bits per heavy atom. The molecule has 0 aliphatic heterocycles. The van der Waals surface area contributed by atoms with Crippen LogP contribution in [0.5, 0.6) is 11.5 Å². The normalized spacial score (nSPS) is 10.2. The van der Waals surface area contributed by atoms with E-state index in [4.69, 9.17) is 14.2 Å². The first-order valence-electron chi connectivity index (χ1n) is 6.81. The Morgan fingerprint density at radius 2 is 2.10 bits per heavy atom. The van der Waals surface area contributed by atoms with Gasteiger partial charge < -0.3 is 19.5 Å². The van der Waals surface area contributed by atoms with Gasteiger partial charge in [0.05, 0.1) is 13.7 Å². The topological polar surface area (TPSA) is 56.8 Å². The summed E-state index contributed by atoms with van der Waals surface area (Å²) in [5, 5.41) is 3.06. The summed E-state index contributed by atoms with van der Waals surface area (Å²) < 4.78 is 15.7. The van der Waals surface area contributed by atoms with Gasteiger partial charge in [0, 0.05) is 6.54 Å². The molecule has 0 saturated heterocycles. The van der Waals surface area contributed by atoms with E-state index in [0.29, 0.717) is 18.1 Å². The summed E-state index contributed by atoms with van der Waals surface area (Å²) in [6.07, 6.45) is 1.86. The third-order valence-electron chi connectivity index (χ3n) is 2.72. The van der Waals surface area contributed by atoms with Crippen molar-refractivity contribution < 1.29 is 19.0 Å². The van der Waals surface area contributed by atoms with Gasteiger partial charge in [-0.2, -0.15) is 0 Å². The predicted octanol–water partition coefficient (Wildman–Crippen LogP) is 2.14. The zero-order valence-electron chi connectivity index (χ0n) is 12.4. The first-order chi connectivity index (χ1) is 9.71. The summed E-state index contributed by atoms with van der Waals surface area (Å²) in [4.78, 5) is 11.5. The van der Waals surface area contributed by atoms with E-state index in [0.717, 1.165) is 24.9 Å². The Morgan fingerprint density at radius 3 is 2.75 bits per heavy atom. The number of hydrogen-bond donors (Lipinski definition) is 1. The van der Waals surface area contributed by atoms with E-state index < -0.39 is 0 Å². The molecule has 0 fully saturated rings. The molecule has 0 aliphatic rings. The minimum atomic E-state index is -0.361. The Bertz CT molecular complexity index is 420. The summed E-state index contributed by atoms with van der Waals surface area (Å²) in [6, 6.07) is 5.61. The lowest BCUT2D eigenvalue weighted by Crippen LogP contribution is -2.16. The number of hydrogen-bond acceptors (Lipinski definition) is 5. The summed E-state index contributed by atoms with van der Waals surface area (Å²) in [5.41, 5.74) is 1.09.